The van der Waals surface area contributed by atoms with E-state index in [4.69, 9.17) is 4.43 Å². The van der Waals surface area contributed by atoms with Crippen LogP contribution in [0.2, 0.25) is 18.1 Å². The van der Waals surface area contributed by atoms with Gasteiger partial charge >= 0.3 is 6.18 Å². The minimum Gasteiger partial charge on any atom is -0.543 e. The van der Waals surface area contributed by atoms with Gasteiger partial charge in [0, 0.05) is 11.8 Å². The van der Waals surface area contributed by atoms with Crippen molar-refractivity contribution in [3.63, 3.8) is 0 Å². The maximum absolute atomic E-state index is 12.8. The van der Waals surface area contributed by atoms with Gasteiger partial charge in [0.05, 0.1) is 11.3 Å². The fraction of sp³-hybridized carbons (Fsp3) is 0.292. The molecule has 3 rings (SSSR count). The molecule has 0 unspecified atom stereocenters. The minimum absolute atomic E-state index is 0.0927. The summed E-state index contributed by atoms with van der Waals surface area (Å²) in [6, 6.07) is 16.7. The molecule has 0 spiro atoms. The molecule has 0 bridgehead atoms. The molecule has 0 aliphatic carbocycles. The zero-order chi connectivity index (χ0) is 22.2. The zero-order valence-electron chi connectivity index (χ0n) is 17.8. The molecule has 0 saturated heterocycles. The summed E-state index contributed by atoms with van der Waals surface area (Å²) in [5, 5.41) is 0.0927. The van der Waals surface area contributed by atoms with E-state index in [0.29, 0.717) is 11.3 Å². The van der Waals surface area contributed by atoms with Crippen LogP contribution in [0.5, 0.6) is 5.75 Å². The fourth-order valence-corrected chi connectivity index (χ4v) is 3.81. The van der Waals surface area contributed by atoms with Crippen LogP contribution in [0.15, 0.2) is 66.9 Å². The largest absolute Gasteiger partial charge is 0.543 e. The third-order valence-electron chi connectivity index (χ3n) is 5.61. The fourth-order valence-electron chi connectivity index (χ4n) is 2.78. The molecule has 1 aromatic heterocycles. The van der Waals surface area contributed by atoms with Gasteiger partial charge in [-0.15, -0.1) is 0 Å². The van der Waals surface area contributed by atoms with E-state index in [1.807, 2.05) is 36.4 Å². The molecule has 2 aromatic carbocycles. The Morgan fingerprint density at radius 3 is 2.03 bits per heavy atom. The lowest BCUT2D eigenvalue weighted by molar-refractivity contribution is -0.137. The van der Waals surface area contributed by atoms with Gasteiger partial charge in [0.15, 0.2) is 0 Å². The third kappa shape index (κ3) is 4.93. The lowest BCUT2D eigenvalue weighted by Crippen LogP contribution is -2.43. The summed E-state index contributed by atoms with van der Waals surface area (Å²) in [7, 11) is -1.96. The number of aromatic nitrogens is 1. The Labute approximate surface area is 176 Å². The van der Waals surface area contributed by atoms with Crippen molar-refractivity contribution >= 4 is 8.32 Å². The number of benzene rings is 2. The molecule has 0 radical (unpaired) electrons. The first-order valence-electron chi connectivity index (χ1n) is 9.80. The standard InChI is InChI=1S/C24H26F3NOSi/c1-23(2,3)30(4,5)29-21-8-6-7-18(15-21)19-13-14-28-22(16-19)17-9-11-20(12-10-17)24(25,26)27/h6-16H,1-5H3. The number of hydrogen-bond donors (Lipinski definition) is 0. The van der Waals surface area contributed by atoms with E-state index in [1.165, 1.54) is 12.1 Å². The molecule has 0 N–H and O–H groups in total. The predicted octanol–water partition coefficient (Wildman–Crippen LogP) is 7.82. The molecule has 6 heteroatoms. The van der Waals surface area contributed by atoms with Crippen molar-refractivity contribution in [2.24, 2.45) is 0 Å². The average Bonchev–Trinajstić information content (AvgIpc) is 2.66. The van der Waals surface area contributed by atoms with Crippen molar-refractivity contribution in [3.05, 3.63) is 72.4 Å². The predicted molar refractivity (Wildman–Crippen MR) is 118 cm³/mol. The van der Waals surface area contributed by atoms with Crippen LogP contribution < -0.4 is 4.43 Å². The smallest absolute Gasteiger partial charge is 0.416 e. The average molecular weight is 430 g/mol. The molecule has 2 nitrogen and oxygen atoms in total. The molecule has 0 aliphatic rings. The van der Waals surface area contributed by atoms with Gasteiger partial charge in [-0.2, -0.15) is 13.2 Å². The van der Waals surface area contributed by atoms with Crippen LogP contribution in [-0.2, 0) is 6.18 Å². The number of hydrogen-bond acceptors (Lipinski definition) is 2. The summed E-state index contributed by atoms with van der Waals surface area (Å²) in [6.07, 6.45) is -2.68. The van der Waals surface area contributed by atoms with E-state index in [0.717, 1.165) is 29.0 Å². The van der Waals surface area contributed by atoms with E-state index in [1.54, 1.807) is 6.20 Å². The van der Waals surface area contributed by atoms with Crippen LogP contribution in [0, 0.1) is 0 Å². The molecule has 1 heterocycles. The van der Waals surface area contributed by atoms with Gasteiger partial charge in [0.2, 0.25) is 8.32 Å². The monoisotopic (exact) mass is 429 g/mol. The van der Waals surface area contributed by atoms with Crippen LogP contribution in [0.4, 0.5) is 13.2 Å². The highest BCUT2D eigenvalue weighted by Crippen LogP contribution is 2.38. The van der Waals surface area contributed by atoms with Gasteiger partial charge in [-0.25, -0.2) is 0 Å². The summed E-state index contributed by atoms with van der Waals surface area (Å²) in [5.41, 5.74) is 2.50. The molecule has 0 fully saturated rings. The van der Waals surface area contributed by atoms with Crippen LogP contribution in [0.1, 0.15) is 26.3 Å². The number of pyridine rings is 1. The van der Waals surface area contributed by atoms with Gasteiger partial charge in [-0.3, -0.25) is 4.98 Å². The Balaban J connectivity index is 1.90. The van der Waals surface area contributed by atoms with E-state index in [2.05, 4.69) is 38.8 Å². The van der Waals surface area contributed by atoms with Crippen LogP contribution in [0.25, 0.3) is 22.4 Å². The second kappa shape index (κ2) is 7.91. The van der Waals surface area contributed by atoms with Crippen LogP contribution in [-0.4, -0.2) is 13.3 Å². The van der Waals surface area contributed by atoms with Gasteiger partial charge in [-0.1, -0.05) is 45.0 Å². The number of rotatable bonds is 4. The number of nitrogens with zero attached hydrogens (tertiary/aromatic N) is 1. The summed E-state index contributed by atoms with van der Waals surface area (Å²) >= 11 is 0. The summed E-state index contributed by atoms with van der Waals surface area (Å²) in [4.78, 5) is 4.34. The molecule has 0 aliphatic heterocycles. The van der Waals surface area contributed by atoms with E-state index in [9.17, 15) is 13.2 Å². The maximum atomic E-state index is 12.8. The second-order valence-electron chi connectivity index (χ2n) is 8.90. The lowest BCUT2D eigenvalue weighted by atomic mass is 10.0. The highest BCUT2D eigenvalue weighted by Gasteiger charge is 2.39. The van der Waals surface area contributed by atoms with E-state index >= 15 is 0 Å². The first-order chi connectivity index (χ1) is 13.9. The molecule has 3 aromatic rings. The van der Waals surface area contributed by atoms with Crippen molar-refractivity contribution in [2.75, 3.05) is 0 Å². The van der Waals surface area contributed by atoms with Crippen molar-refractivity contribution in [3.8, 4) is 28.1 Å². The summed E-state index contributed by atoms with van der Waals surface area (Å²) in [6.45, 7) is 11.0. The normalized spacial score (nSPS) is 12.7. The Kier molecular flexibility index (Phi) is 5.82. The Morgan fingerprint density at radius 2 is 1.43 bits per heavy atom. The SMILES string of the molecule is CC(C)(C)[Si](C)(C)Oc1cccc(-c2ccnc(-c3ccc(C(F)(F)F)cc3)c2)c1. The summed E-state index contributed by atoms with van der Waals surface area (Å²) < 4.78 is 44.8. The molecular formula is C24H26F3NOSi. The van der Waals surface area contributed by atoms with Gasteiger partial charge in [0.25, 0.3) is 0 Å². The third-order valence-corrected chi connectivity index (χ3v) is 9.97. The molecule has 158 valence electrons. The lowest BCUT2D eigenvalue weighted by Gasteiger charge is -2.36. The van der Waals surface area contributed by atoms with Crippen LogP contribution >= 0.6 is 0 Å². The second-order valence-corrected chi connectivity index (χ2v) is 13.6. The maximum Gasteiger partial charge on any atom is 0.416 e. The topological polar surface area (TPSA) is 22.1 Å². The molecule has 30 heavy (non-hydrogen) atoms. The first-order valence-corrected chi connectivity index (χ1v) is 12.7. The molecular weight excluding hydrogens is 403 g/mol. The number of halogens is 3. The Hall–Kier alpha value is -2.60. The van der Waals surface area contributed by atoms with Gasteiger partial charge in [-0.05, 0) is 65.7 Å². The van der Waals surface area contributed by atoms with Gasteiger partial charge < -0.3 is 4.43 Å². The quantitative estimate of drug-likeness (QED) is 0.394. The Bertz CT molecular complexity index is 1020. The minimum atomic E-state index is -4.35. The number of alkyl halides is 3. The van der Waals surface area contributed by atoms with Gasteiger partial charge in [0.1, 0.15) is 5.75 Å². The zero-order valence-corrected chi connectivity index (χ0v) is 18.8. The van der Waals surface area contributed by atoms with Crippen molar-refractivity contribution in [1.82, 2.24) is 4.98 Å². The molecule has 0 atom stereocenters. The van der Waals surface area contributed by atoms with Crippen molar-refractivity contribution in [2.45, 2.75) is 45.1 Å². The Morgan fingerprint density at radius 1 is 0.800 bits per heavy atom. The molecule has 0 saturated carbocycles. The van der Waals surface area contributed by atoms with Crippen molar-refractivity contribution in [1.29, 1.82) is 0 Å². The summed E-state index contributed by atoms with van der Waals surface area (Å²) in [5.74, 6) is 0.826. The van der Waals surface area contributed by atoms with E-state index < -0.39 is 20.1 Å². The molecule has 0 amide bonds. The van der Waals surface area contributed by atoms with Crippen LogP contribution in [0.3, 0.4) is 0 Å². The highest BCUT2D eigenvalue weighted by molar-refractivity contribution is 6.74. The van der Waals surface area contributed by atoms with E-state index in [-0.39, 0.29) is 5.04 Å². The first kappa shape index (κ1) is 22.1. The van der Waals surface area contributed by atoms with Crippen molar-refractivity contribution < 1.29 is 17.6 Å². The highest BCUT2D eigenvalue weighted by atomic mass is 28.4.